The minimum Gasteiger partial charge on any atom is -0.338 e. The van der Waals surface area contributed by atoms with Gasteiger partial charge in [0.15, 0.2) is 0 Å². The van der Waals surface area contributed by atoms with Gasteiger partial charge in [0.2, 0.25) is 17.6 Å². The molecule has 4 rings (SSSR count). The van der Waals surface area contributed by atoms with Crippen molar-refractivity contribution in [1.29, 1.82) is 0 Å². The molecule has 0 radical (unpaired) electrons. The van der Waals surface area contributed by atoms with E-state index >= 15 is 0 Å². The number of anilines is 1. The molecule has 0 unspecified atom stereocenters. The molecule has 0 atom stereocenters. The van der Waals surface area contributed by atoms with Crippen LogP contribution in [0.4, 0.5) is 5.69 Å². The highest BCUT2D eigenvalue weighted by Crippen LogP contribution is 2.29. The second-order valence-electron chi connectivity index (χ2n) is 7.04. The van der Waals surface area contributed by atoms with Crippen LogP contribution in [0.2, 0.25) is 10.0 Å². The van der Waals surface area contributed by atoms with Crippen LogP contribution in [0.15, 0.2) is 53.1 Å². The molecule has 1 aromatic heterocycles. The average Bonchev–Trinajstić information content (AvgIpc) is 3.17. The van der Waals surface area contributed by atoms with Crippen LogP contribution in [0, 0.1) is 5.92 Å². The summed E-state index contributed by atoms with van der Waals surface area (Å²) in [6, 6.07) is 14.7. The third-order valence-corrected chi connectivity index (χ3v) is 5.55. The summed E-state index contributed by atoms with van der Waals surface area (Å²) in [5.41, 5.74) is 1.52. The third-order valence-electron chi connectivity index (χ3n) is 5.00. The highest BCUT2D eigenvalue weighted by Gasteiger charge is 2.26. The van der Waals surface area contributed by atoms with Crippen molar-refractivity contribution in [1.82, 2.24) is 15.0 Å². The molecule has 1 amide bonds. The van der Waals surface area contributed by atoms with Crippen molar-refractivity contribution >= 4 is 34.8 Å². The fourth-order valence-electron chi connectivity index (χ4n) is 3.41. The number of amides is 1. The summed E-state index contributed by atoms with van der Waals surface area (Å²) in [4.78, 5) is 19.1. The van der Waals surface area contributed by atoms with Gasteiger partial charge in [-0.25, -0.2) is 0 Å². The van der Waals surface area contributed by atoms with Crippen LogP contribution in [-0.4, -0.2) is 34.0 Å². The summed E-state index contributed by atoms with van der Waals surface area (Å²) >= 11 is 12.1. The van der Waals surface area contributed by atoms with Crippen molar-refractivity contribution in [3.05, 3.63) is 64.5 Å². The van der Waals surface area contributed by atoms with E-state index in [0.717, 1.165) is 31.6 Å². The molecule has 8 heteroatoms. The van der Waals surface area contributed by atoms with E-state index in [0.29, 0.717) is 33.9 Å². The first-order chi connectivity index (χ1) is 14.1. The summed E-state index contributed by atoms with van der Waals surface area (Å²) < 4.78 is 5.39. The number of para-hydroxylation sites is 1. The quantitative estimate of drug-likeness (QED) is 0.623. The lowest BCUT2D eigenvalue weighted by Gasteiger charge is -2.30. The number of nitrogens with one attached hydrogen (secondary N) is 1. The van der Waals surface area contributed by atoms with Crippen molar-refractivity contribution in [2.24, 2.45) is 5.92 Å². The number of nitrogens with zero attached hydrogens (tertiary/aromatic N) is 3. The first-order valence-corrected chi connectivity index (χ1v) is 10.2. The Balaban J connectivity index is 1.31. The zero-order valence-electron chi connectivity index (χ0n) is 15.6. The number of carbonyl (C=O) groups excluding carboxylic acids is 1. The van der Waals surface area contributed by atoms with E-state index in [1.165, 1.54) is 0 Å². The maximum atomic E-state index is 12.5. The van der Waals surface area contributed by atoms with Gasteiger partial charge in [0.25, 0.3) is 0 Å². The van der Waals surface area contributed by atoms with Crippen LogP contribution < -0.4 is 5.32 Å². The number of aromatic nitrogens is 2. The summed E-state index contributed by atoms with van der Waals surface area (Å²) in [7, 11) is 0. The van der Waals surface area contributed by atoms with Crippen LogP contribution in [-0.2, 0) is 11.3 Å². The van der Waals surface area contributed by atoms with E-state index in [-0.39, 0.29) is 11.8 Å². The maximum absolute atomic E-state index is 12.5. The number of piperidine rings is 1. The van der Waals surface area contributed by atoms with E-state index in [1.807, 2.05) is 30.3 Å². The molecule has 0 bridgehead atoms. The Kier molecular flexibility index (Phi) is 6.13. The van der Waals surface area contributed by atoms with E-state index in [4.69, 9.17) is 27.7 Å². The molecule has 2 heterocycles. The van der Waals surface area contributed by atoms with Gasteiger partial charge >= 0.3 is 0 Å². The lowest BCUT2D eigenvalue weighted by molar-refractivity contribution is -0.121. The van der Waals surface area contributed by atoms with Crippen LogP contribution in [0.25, 0.3) is 11.4 Å². The molecule has 150 valence electrons. The topological polar surface area (TPSA) is 71.3 Å². The zero-order chi connectivity index (χ0) is 20.2. The molecular formula is C21H20Cl2N4O2. The number of carbonyl (C=O) groups is 1. The maximum Gasteiger partial charge on any atom is 0.241 e. The molecule has 6 nitrogen and oxygen atoms in total. The number of rotatable bonds is 5. The minimum absolute atomic E-state index is 0.0116. The van der Waals surface area contributed by atoms with Crippen LogP contribution in [0.3, 0.4) is 0 Å². The summed E-state index contributed by atoms with van der Waals surface area (Å²) in [5.74, 6) is 1.06. The number of likely N-dealkylation sites (tertiary alicyclic amines) is 1. The van der Waals surface area contributed by atoms with E-state index < -0.39 is 0 Å². The molecular weight excluding hydrogens is 411 g/mol. The highest BCUT2D eigenvalue weighted by atomic mass is 35.5. The van der Waals surface area contributed by atoms with Crippen molar-refractivity contribution in [3.63, 3.8) is 0 Å². The first kappa shape index (κ1) is 19.9. The van der Waals surface area contributed by atoms with E-state index in [9.17, 15) is 4.79 Å². The molecule has 1 saturated heterocycles. The second kappa shape index (κ2) is 8.95. The van der Waals surface area contributed by atoms with Crippen molar-refractivity contribution < 1.29 is 9.32 Å². The number of hydrogen-bond donors (Lipinski definition) is 1. The first-order valence-electron chi connectivity index (χ1n) is 9.45. The van der Waals surface area contributed by atoms with Gasteiger partial charge in [0.05, 0.1) is 11.6 Å². The van der Waals surface area contributed by atoms with Crippen molar-refractivity contribution in [3.8, 4) is 11.4 Å². The Morgan fingerprint density at radius 3 is 2.62 bits per heavy atom. The number of halogens is 2. The zero-order valence-corrected chi connectivity index (χ0v) is 17.2. The normalized spacial score (nSPS) is 15.4. The standard InChI is InChI=1S/C21H20Cl2N4O2/c22-15-6-7-17(18(23)12-15)20-25-19(29-26-20)13-27-10-8-14(9-11-27)21(28)24-16-4-2-1-3-5-16/h1-7,12,14H,8-11,13H2,(H,24,28). The van der Waals surface area contributed by atoms with Gasteiger partial charge in [0, 0.05) is 22.2 Å². The van der Waals surface area contributed by atoms with Crippen molar-refractivity contribution in [2.45, 2.75) is 19.4 Å². The molecule has 1 fully saturated rings. The molecule has 0 spiro atoms. The molecule has 1 aliphatic heterocycles. The average molecular weight is 431 g/mol. The summed E-state index contributed by atoms with van der Waals surface area (Å²) in [6.07, 6.45) is 1.59. The van der Waals surface area contributed by atoms with Crippen LogP contribution in [0.1, 0.15) is 18.7 Å². The molecule has 0 aliphatic carbocycles. The van der Waals surface area contributed by atoms with Gasteiger partial charge in [-0.3, -0.25) is 9.69 Å². The Morgan fingerprint density at radius 1 is 1.14 bits per heavy atom. The molecule has 1 aliphatic rings. The van der Waals surface area contributed by atoms with Crippen LogP contribution in [0.5, 0.6) is 0 Å². The molecule has 0 saturated carbocycles. The van der Waals surface area contributed by atoms with Gasteiger partial charge in [-0.1, -0.05) is 46.6 Å². The van der Waals surface area contributed by atoms with E-state index in [1.54, 1.807) is 18.2 Å². The molecule has 2 aromatic carbocycles. The number of hydrogen-bond acceptors (Lipinski definition) is 5. The van der Waals surface area contributed by atoms with Gasteiger partial charge in [0.1, 0.15) is 0 Å². The van der Waals surface area contributed by atoms with E-state index in [2.05, 4.69) is 20.4 Å². The fraction of sp³-hybridized carbons (Fsp3) is 0.286. The fourth-order valence-corrected chi connectivity index (χ4v) is 3.90. The van der Waals surface area contributed by atoms with Gasteiger partial charge in [-0.2, -0.15) is 4.98 Å². The largest absolute Gasteiger partial charge is 0.338 e. The highest BCUT2D eigenvalue weighted by molar-refractivity contribution is 6.36. The summed E-state index contributed by atoms with van der Waals surface area (Å²) in [5, 5.41) is 8.05. The predicted molar refractivity (Wildman–Crippen MR) is 113 cm³/mol. The van der Waals surface area contributed by atoms with Crippen LogP contribution >= 0.6 is 23.2 Å². The Labute approximate surface area is 178 Å². The predicted octanol–water partition coefficient (Wildman–Crippen LogP) is 4.89. The third kappa shape index (κ3) is 4.96. The molecule has 3 aromatic rings. The minimum atomic E-state index is 0.0116. The van der Waals surface area contributed by atoms with Gasteiger partial charge in [-0.05, 0) is 56.3 Å². The Hall–Kier alpha value is -2.41. The monoisotopic (exact) mass is 430 g/mol. The molecule has 29 heavy (non-hydrogen) atoms. The second-order valence-corrected chi connectivity index (χ2v) is 7.89. The van der Waals surface area contributed by atoms with Crippen molar-refractivity contribution in [2.75, 3.05) is 18.4 Å². The summed E-state index contributed by atoms with van der Waals surface area (Å²) in [6.45, 7) is 2.14. The Bertz CT molecular complexity index is 985. The van der Waals surface area contributed by atoms with Gasteiger partial charge in [-0.15, -0.1) is 0 Å². The Morgan fingerprint density at radius 2 is 1.90 bits per heavy atom. The smallest absolute Gasteiger partial charge is 0.241 e. The lowest BCUT2D eigenvalue weighted by Crippen LogP contribution is -2.37. The lowest BCUT2D eigenvalue weighted by atomic mass is 9.96. The number of benzene rings is 2. The van der Waals surface area contributed by atoms with Gasteiger partial charge < -0.3 is 9.84 Å². The molecule has 1 N–H and O–H groups in total. The SMILES string of the molecule is O=C(Nc1ccccc1)C1CCN(Cc2nc(-c3ccc(Cl)cc3Cl)no2)CC1.